The maximum absolute atomic E-state index is 11.1. The summed E-state index contributed by atoms with van der Waals surface area (Å²) >= 11 is 0. The smallest absolute Gasteiger partial charge is 0.222 e. The van der Waals surface area contributed by atoms with Crippen molar-refractivity contribution in [1.29, 1.82) is 0 Å². The van der Waals surface area contributed by atoms with E-state index in [2.05, 4.69) is 10.3 Å². The minimum absolute atomic E-state index is 0.111. The molecule has 2 rings (SSSR count). The molecular formula is C12H15N3O2. The Balaban J connectivity index is 1.93. The van der Waals surface area contributed by atoms with E-state index in [1.54, 1.807) is 6.33 Å². The van der Waals surface area contributed by atoms with Crippen LogP contribution in [0.5, 0.6) is 0 Å². The van der Waals surface area contributed by atoms with Gasteiger partial charge in [-0.1, -0.05) is 12.1 Å². The number of benzene rings is 1. The van der Waals surface area contributed by atoms with E-state index in [1.165, 1.54) is 0 Å². The minimum Gasteiger partial charge on any atom is -0.396 e. The van der Waals surface area contributed by atoms with Gasteiger partial charge < -0.3 is 15.0 Å². The third kappa shape index (κ3) is 2.82. The molecule has 1 aromatic heterocycles. The molecule has 0 saturated heterocycles. The zero-order chi connectivity index (χ0) is 12.1. The molecule has 0 spiro atoms. The van der Waals surface area contributed by atoms with E-state index in [1.807, 2.05) is 28.8 Å². The highest BCUT2D eigenvalue weighted by Gasteiger charge is 2.02. The van der Waals surface area contributed by atoms with Crippen LogP contribution in [-0.2, 0) is 11.3 Å². The van der Waals surface area contributed by atoms with Gasteiger partial charge >= 0.3 is 0 Å². The number of nitrogens with one attached hydrogen (secondary N) is 1. The Morgan fingerprint density at radius 1 is 1.41 bits per heavy atom. The molecule has 90 valence electrons. The monoisotopic (exact) mass is 233 g/mol. The number of fused-ring (bicyclic) bond motifs is 1. The van der Waals surface area contributed by atoms with Gasteiger partial charge in [0, 0.05) is 19.5 Å². The van der Waals surface area contributed by atoms with Gasteiger partial charge in [0.15, 0.2) is 0 Å². The summed E-state index contributed by atoms with van der Waals surface area (Å²) in [7, 11) is 0. The molecule has 0 radical (unpaired) electrons. The van der Waals surface area contributed by atoms with E-state index in [4.69, 9.17) is 5.11 Å². The van der Waals surface area contributed by atoms with Crippen LogP contribution in [0.2, 0.25) is 0 Å². The van der Waals surface area contributed by atoms with Crippen LogP contribution in [0.3, 0.4) is 0 Å². The number of imidazole rings is 1. The summed E-state index contributed by atoms with van der Waals surface area (Å²) in [5, 5.41) is 11.3. The molecule has 1 aromatic carbocycles. The van der Waals surface area contributed by atoms with Crippen molar-refractivity contribution in [2.24, 2.45) is 0 Å². The van der Waals surface area contributed by atoms with Crippen LogP contribution in [0.15, 0.2) is 30.6 Å². The second-order valence-corrected chi connectivity index (χ2v) is 3.75. The average Bonchev–Trinajstić information content (AvgIpc) is 2.73. The zero-order valence-corrected chi connectivity index (χ0v) is 9.47. The molecule has 0 fully saturated rings. The van der Waals surface area contributed by atoms with Crippen molar-refractivity contribution < 1.29 is 9.90 Å². The van der Waals surface area contributed by atoms with Crippen LogP contribution < -0.4 is 5.32 Å². The van der Waals surface area contributed by atoms with E-state index in [0.717, 1.165) is 11.0 Å². The number of aliphatic hydroxyl groups is 1. The van der Waals surface area contributed by atoms with Crippen LogP contribution in [0.1, 0.15) is 6.42 Å². The number of para-hydroxylation sites is 2. The number of rotatable bonds is 5. The quantitative estimate of drug-likeness (QED) is 0.791. The largest absolute Gasteiger partial charge is 0.396 e. The van der Waals surface area contributed by atoms with Gasteiger partial charge in [-0.05, 0) is 12.1 Å². The summed E-state index contributed by atoms with van der Waals surface area (Å²) in [6.07, 6.45) is 1.92. The Morgan fingerprint density at radius 3 is 3.06 bits per heavy atom. The fourth-order valence-electron chi connectivity index (χ4n) is 1.69. The van der Waals surface area contributed by atoms with Crippen LogP contribution in [0.4, 0.5) is 0 Å². The number of aliphatic hydroxyl groups excluding tert-OH is 1. The molecule has 0 saturated carbocycles. The number of aromatic nitrogens is 2. The fourth-order valence-corrected chi connectivity index (χ4v) is 1.69. The molecule has 5 nitrogen and oxygen atoms in total. The Kier molecular flexibility index (Phi) is 3.72. The highest BCUT2D eigenvalue weighted by molar-refractivity contribution is 5.76. The maximum atomic E-state index is 11.1. The summed E-state index contributed by atoms with van der Waals surface area (Å²) in [6, 6.07) is 7.86. The Hall–Kier alpha value is -1.88. The molecule has 0 aliphatic heterocycles. The van der Waals surface area contributed by atoms with Crippen molar-refractivity contribution in [3.63, 3.8) is 0 Å². The molecule has 0 aliphatic rings. The average molecular weight is 233 g/mol. The molecule has 17 heavy (non-hydrogen) atoms. The predicted octanol–water partition coefficient (Wildman–Crippen LogP) is 0.535. The summed E-state index contributed by atoms with van der Waals surface area (Å²) < 4.78 is 1.99. The lowest BCUT2D eigenvalue weighted by molar-refractivity contribution is -0.121. The second kappa shape index (κ2) is 5.45. The van der Waals surface area contributed by atoms with Gasteiger partial charge in [0.2, 0.25) is 5.91 Å². The van der Waals surface area contributed by atoms with Gasteiger partial charge in [0.05, 0.1) is 24.0 Å². The van der Waals surface area contributed by atoms with Crippen LogP contribution in [0, 0.1) is 0 Å². The molecule has 0 aliphatic carbocycles. The van der Waals surface area contributed by atoms with Crippen LogP contribution >= 0.6 is 0 Å². The normalized spacial score (nSPS) is 10.6. The number of hydrogen-bond donors (Lipinski definition) is 2. The molecule has 2 N–H and O–H groups in total. The summed E-state index contributed by atoms with van der Waals surface area (Å²) in [5.74, 6) is -0.128. The number of amides is 1. The minimum atomic E-state index is -0.128. The highest BCUT2D eigenvalue weighted by atomic mass is 16.3. The van der Waals surface area contributed by atoms with E-state index in [9.17, 15) is 4.79 Å². The number of carbonyl (C=O) groups excluding carboxylic acids is 1. The lowest BCUT2D eigenvalue weighted by atomic mass is 10.3. The topological polar surface area (TPSA) is 67.2 Å². The van der Waals surface area contributed by atoms with Crippen molar-refractivity contribution in [2.75, 3.05) is 13.2 Å². The van der Waals surface area contributed by atoms with E-state index < -0.39 is 0 Å². The molecular weight excluding hydrogens is 218 g/mol. The van der Waals surface area contributed by atoms with E-state index >= 15 is 0 Å². The van der Waals surface area contributed by atoms with Crippen LogP contribution in [0.25, 0.3) is 11.0 Å². The molecule has 2 aromatic rings. The standard InChI is InChI=1S/C12H15N3O2/c16-8-5-12(17)13-6-7-15-9-14-10-3-1-2-4-11(10)15/h1-4,9,16H,5-8H2,(H,13,17). The Morgan fingerprint density at radius 2 is 2.24 bits per heavy atom. The first-order valence-corrected chi connectivity index (χ1v) is 5.58. The number of hydrogen-bond acceptors (Lipinski definition) is 3. The first-order valence-electron chi connectivity index (χ1n) is 5.58. The maximum Gasteiger partial charge on any atom is 0.222 e. The van der Waals surface area contributed by atoms with Crippen molar-refractivity contribution in [2.45, 2.75) is 13.0 Å². The SMILES string of the molecule is O=C(CCO)NCCn1cnc2ccccc21. The van der Waals surface area contributed by atoms with Crippen molar-refractivity contribution in [3.8, 4) is 0 Å². The lowest BCUT2D eigenvalue weighted by Crippen LogP contribution is -2.27. The first-order chi connectivity index (χ1) is 8.31. The third-order valence-corrected chi connectivity index (χ3v) is 2.54. The molecule has 0 atom stereocenters. The highest BCUT2D eigenvalue weighted by Crippen LogP contribution is 2.10. The summed E-state index contributed by atoms with van der Waals surface area (Å²) in [4.78, 5) is 15.4. The molecule has 0 bridgehead atoms. The lowest BCUT2D eigenvalue weighted by Gasteiger charge is -2.05. The number of carbonyl (C=O) groups is 1. The zero-order valence-electron chi connectivity index (χ0n) is 9.47. The van der Waals surface area contributed by atoms with E-state index in [0.29, 0.717) is 13.1 Å². The predicted molar refractivity (Wildman–Crippen MR) is 64.4 cm³/mol. The van der Waals surface area contributed by atoms with Crippen molar-refractivity contribution in [3.05, 3.63) is 30.6 Å². The summed E-state index contributed by atoms with van der Waals surface area (Å²) in [5.41, 5.74) is 2.01. The molecule has 1 amide bonds. The van der Waals surface area contributed by atoms with Gasteiger partial charge in [-0.3, -0.25) is 4.79 Å². The van der Waals surface area contributed by atoms with Gasteiger partial charge in [-0.15, -0.1) is 0 Å². The van der Waals surface area contributed by atoms with Crippen molar-refractivity contribution >= 4 is 16.9 Å². The summed E-state index contributed by atoms with van der Waals surface area (Å²) in [6.45, 7) is 1.11. The van der Waals surface area contributed by atoms with Gasteiger partial charge in [0.25, 0.3) is 0 Å². The van der Waals surface area contributed by atoms with Crippen LogP contribution in [-0.4, -0.2) is 33.7 Å². The van der Waals surface area contributed by atoms with E-state index in [-0.39, 0.29) is 18.9 Å². The van der Waals surface area contributed by atoms with Gasteiger partial charge in [-0.2, -0.15) is 0 Å². The Bertz CT molecular complexity index is 507. The fraction of sp³-hybridized carbons (Fsp3) is 0.333. The Labute approximate surface area is 99.1 Å². The second-order valence-electron chi connectivity index (χ2n) is 3.75. The van der Waals surface area contributed by atoms with Gasteiger partial charge in [0.1, 0.15) is 0 Å². The first kappa shape index (κ1) is 11.6. The molecule has 5 heteroatoms. The molecule has 1 heterocycles. The van der Waals surface area contributed by atoms with Crippen molar-refractivity contribution in [1.82, 2.24) is 14.9 Å². The van der Waals surface area contributed by atoms with Gasteiger partial charge in [-0.25, -0.2) is 4.98 Å². The third-order valence-electron chi connectivity index (χ3n) is 2.54. The number of nitrogens with zero attached hydrogens (tertiary/aromatic N) is 2. The molecule has 0 unspecified atom stereocenters.